The van der Waals surface area contributed by atoms with E-state index in [0.717, 1.165) is 23.0 Å². The third kappa shape index (κ3) is 3.61. The van der Waals surface area contributed by atoms with Crippen LogP contribution >= 0.6 is 11.6 Å². The van der Waals surface area contributed by atoms with Crippen molar-refractivity contribution < 1.29 is 0 Å². The normalized spacial score (nSPS) is 13.1. The lowest BCUT2D eigenvalue weighted by atomic mass is 9.87. The summed E-state index contributed by atoms with van der Waals surface area (Å²) < 4.78 is 0. The summed E-state index contributed by atoms with van der Waals surface area (Å²) in [5.41, 5.74) is 9.62. The van der Waals surface area contributed by atoms with Crippen LogP contribution in [0.2, 0.25) is 5.02 Å². The van der Waals surface area contributed by atoms with Crippen molar-refractivity contribution in [2.45, 2.75) is 32.0 Å². The van der Waals surface area contributed by atoms with Crippen molar-refractivity contribution in [1.82, 2.24) is 10.3 Å². The van der Waals surface area contributed by atoms with Crippen molar-refractivity contribution in [3.63, 3.8) is 0 Å². The van der Waals surface area contributed by atoms with Gasteiger partial charge in [0.15, 0.2) is 0 Å². The lowest BCUT2D eigenvalue weighted by Crippen LogP contribution is -2.48. The zero-order valence-electron chi connectivity index (χ0n) is 16.1. The van der Waals surface area contributed by atoms with Crippen molar-refractivity contribution >= 4 is 33.3 Å². The Morgan fingerprint density at radius 3 is 2.64 bits per heavy atom. The van der Waals surface area contributed by atoms with Crippen LogP contribution in [0.15, 0.2) is 72.9 Å². The van der Waals surface area contributed by atoms with E-state index in [9.17, 15) is 0 Å². The highest BCUT2D eigenvalue weighted by molar-refractivity contribution is 6.31. The quantitative estimate of drug-likeness (QED) is 0.466. The molecule has 1 atom stereocenters. The molecular weight excluding hydrogens is 366 g/mol. The van der Waals surface area contributed by atoms with E-state index in [0.29, 0.717) is 5.02 Å². The molecule has 28 heavy (non-hydrogen) atoms. The number of pyridine rings is 1. The first kappa shape index (κ1) is 18.9. The molecule has 4 heteroatoms. The van der Waals surface area contributed by atoms with Crippen molar-refractivity contribution in [1.29, 1.82) is 0 Å². The predicted molar refractivity (Wildman–Crippen MR) is 119 cm³/mol. The van der Waals surface area contributed by atoms with Crippen molar-refractivity contribution in [3.05, 3.63) is 89.1 Å². The van der Waals surface area contributed by atoms with Crippen LogP contribution in [-0.4, -0.2) is 10.5 Å². The number of benzene rings is 3. The molecule has 142 valence electrons. The van der Waals surface area contributed by atoms with Crippen molar-refractivity contribution in [2.75, 3.05) is 0 Å². The highest BCUT2D eigenvalue weighted by Crippen LogP contribution is 2.30. The van der Waals surface area contributed by atoms with E-state index in [1.54, 1.807) is 6.20 Å². The van der Waals surface area contributed by atoms with Crippen LogP contribution in [0.5, 0.6) is 0 Å². The number of hydrogen-bond donors (Lipinski definition) is 2. The molecule has 3 aromatic carbocycles. The number of nitrogens with one attached hydrogen (secondary N) is 1. The van der Waals surface area contributed by atoms with Gasteiger partial charge in [0.2, 0.25) is 0 Å². The number of rotatable bonds is 5. The zero-order chi connectivity index (χ0) is 19.7. The van der Waals surface area contributed by atoms with E-state index in [2.05, 4.69) is 66.6 Å². The Bertz CT molecular complexity index is 1130. The summed E-state index contributed by atoms with van der Waals surface area (Å²) in [6, 6.07) is 22.4. The van der Waals surface area contributed by atoms with Crippen molar-refractivity contribution in [2.24, 2.45) is 5.73 Å². The Hall–Kier alpha value is -2.46. The van der Waals surface area contributed by atoms with Gasteiger partial charge in [-0.1, -0.05) is 60.1 Å². The molecule has 4 aromatic rings. The maximum absolute atomic E-state index is 6.73. The second kappa shape index (κ2) is 7.51. The molecule has 4 rings (SSSR count). The standard InChI is InChI=1S/C24H24ClN3/c1-24(2,28-15-17-8-5-7-16-6-3-4-9-19(16)17)23(26)21-12-13-27-22-14-18(25)10-11-20(21)22/h3-14,23,28H,15,26H2,1-2H3. The van der Waals surface area contributed by atoms with Gasteiger partial charge in [0.25, 0.3) is 0 Å². The second-order valence-corrected chi connectivity index (χ2v) is 8.19. The molecule has 0 aliphatic carbocycles. The highest BCUT2D eigenvalue weighted by atomic mass is 35.5. The summed E-state index contributed by atoms with van der Waals surface area (Å²) in [5, 5.41) is 7.91. The van der Waals surface area contributed by atoms with Gasteiger partial charge in [-0.3, -0.25) is 4.98 Å². The summed E-state index contributed by atoms with van der Waals surface area (Å²) in [7, 11) is 0. The third-order valence-corrected chi connectivity index (χ3v) is 5.70. The largest absolute Gasteiger partial charge is 0.322 e. The topological polar surface area (TPSA) is 50.9 Å². The van der Waals surface area contributed by atoms with Crippen LogP contribution in [0.1, 0.15) is 31.0 Å². The number of nitrogens with zero attached hydrogens (tertiary/aromatic N) is 1. The Labute approximate surface area is 170 Å². The van der Waals surface area contributed by atoms with Gasteiger partial charge in [-0.15, -0.1) is 0 Å². The average molecular weight is 390 g/mol. The highest BCUT2D eigenvalue weighted by Gasteiger charge is 2.28. The summed E-state index contributed by atoms with van der Waals surface area (Å²) in [6.45, 7) is 5.03. The minimum atomic E-state index is -0.315. The van der Waals surface area contributed by atoms with Crippen molar-refractivity contribution in [3.8, 4) is 0 Å². The SMILES string of the molecule is CC(C)(NCc1cccc2ccccc12)C(N)c1ccnc2cc(Cl)ccc12. The van der Waals surface area contributed by atoms with Gasteiger partial charge in [-0.2, -0.15) is 0 Å². The van der Waals surface area contributed by atoms with Gasteiger partial charge in [-0.25, -0.2) is 0 Å². The van der Waals surface area contributed by atoms with Crippen LogP contribution < -0.4 is 11.1 Å². The third-order valence-electron chi connectivity index (χ3n) is 5.47. The van der Waals surface area contributed by atoms with Gasteiger partial charge >= 0.3 is 0 Å². The molecule has 0 aliphatic rings. The Kier molecular flexibility index (Phi) is 5.07. The van der Waals surface area contributed by atoms with Gasteiger partial charge < -0.3 is 11.1 Å². The van der Waals surface area contributed by atoms with Crippen LogP contribution in [0.4, 0.5) is 0 Å². The van der Waals surface area contributed by atoms with E-state index >= 15 is 0 Å². The maximum atomic E-state index is 6.73. The first-order valence-corrected chi connectivity index (χ1v) is 9.85. The van der Waals surface area contributed by atoms with E-state index in [-0.39, 0.29) is 11.6 Å². The smallest absolute Gasteiger partial charge is 0.0720 e. The molecule has 0 aliphatic heterocycles. The molecule has 1 aromatic heterocycles. The molecular formula is C24H24ClN3. The number of halogens is 1. The molecule has 1 unspecified atom stereocenters. The van der Waals surface area contributed by atoms with E-state index in [4.69, 9.17) is 17.3 Å². The van der Waals surface area contributed by atoms with Gasteiger partial charge in [0.05, 0.1) is 5.52 Å². The lowest BCUT2D eigenvalue weighted by Gasteiger charge is -2.34. The first-order chi connectivity index (χ1) is 13.5. The average Bonchev–Trinajstić information content (AvgIpc) is 2.71. The molecule has 0 saturated heterocycles. The molecule has 0 saturated carbocycles. The molecule has 0 spiro atoms. The summed E-state index contributed by atoms with van der Waals surface area (Å²) in [4.78, 5) is 4.43. The maximum Gasteiger partial charge on any atom is 0.0720 e. The Balaban J connectivity index is 1.61. The summed E-state index contributed by atoms with van der Waals surface area (Å²) in [6.07, 6.45) is 1.80. The molecule has 0 radical (unpaired) electrons. The Morgan fingerprint density at radius 2 is 1.79 bits per heavy atom. The fourth-order valence-electron chi connectivity index (χ4n) is 3.68. The number of aromatic nitrogens is 1. The minimum absolute atomic E-state index is 0.200. The molecule has 3 nitrogen and oxygen atoms in total. The molecule has 3 N–H and O–H groups in total. The number of fused-ring (bicyclic) bond motifs is 2. The molecule has 0 amide bonds. The first-order valence-electron chi connectivity index (χ1n) is 9.47. The van der Waals surface area contributed by atoms with Gasteiger partial charge in [-0.05, 0) is 53.9 Å². The van der Waals surface area contributed by atoms with Crippen LogP contribution in [0.25, 0.3) is 21.7 Å². The zero-order valence-corrected chi connectivity index (χ0v) is 16.9. The number of hydrogen-bond acceptors (Lipinski definition) is 3. The lowest BCUT2D eigenvalue weighted by molar-refractivity contribution is 0.322. The van der Waals surface area contributed by atoms with Crippen LogP contribution in [0.3, 0.4) is 0 Å². The fourth-order valence-corrected chi connectivity index (χ4v) is 3.85. The minimum Gasteiger partial charge on any atom is -0.322 e. The molecule has 0 fully saturated rings. The van der Waals surface area contributed by atoms with Gasteiger partial charge in [0.1, 0.15) is 0 Å². The Morgan fingerprint density at radius 1 is 1.00 bits per heavy atom. The fraction of sp³-hybridized carbons (Fsp3) is 0.208. The second-order valence-electron chi connectivity index (χ2n) is 7.75. The summed E-state index contributed by atoms with van der Waals surface area (Å²) in [5.74, 6) is 0. The van der Waals surface area contributed by atoms with Crippen LogP contribution in [-0.2, 0) is 6.54 Å². The van der Waals surface area contributed by atoms with E-state index < -0.39 is 0 Å². The molecule has 0 bridgehead atoms. The van der Waals surface area contributed by atoms with E-state index in [1.165, 1.54) is 16.3 Å². The predicted octanol–water partition coefficient (Wildman–Crippen LogP) is 5.61. The van der Waals surface area contributed by atoms with Gasteiger partial charge in [0, 0.05) is 34.7 Å². The van der Waals surface area contributed by atoms with E-state index in [1.807, 2.05) is 24.3 Å². The summed E-state index contributed by atoms with van der Waals surface area (Å²) >= 11 is 6.12. The van der Waals surface area contributed by atoms with Crippen LogP contribution in [0, 0.1) is 0 Å². The molecule has 1 heterocycles. The number of nitrogens with two attached hydrogens (primary N) is 1. The monoisotopic (exact) mass is 389 g/mol.